The van der Waals surface area contributed by atoms with Gasteiger partial charge >= 0.3 is 5.97 Å². The Balaban J connectivity index is 1.44. The van der Waals surface area contributed by atoms with E-state index in [-0.39, 0.29) is 12.6 Å². The van der Waals surface area contributed by atoms with E-state index < -0.39 is 0 Å². The molecule has 2 heterocycles. The Morgan fingerprint density at radius 1 is 1.03 bits per heavy atom. The van der Waals surface area contributed by atoms with E-state index in [9.17, 15) is 4.79 Å². The van der Waals surface area contributed by atoms with Gasteiger partial charge in [-0.15, -0.1) is 0 Å². The summed E-state index contributed by atoms with van der Waals surface area (Å²) in [5, 5.41) is 0.585. The average molecular weight is 405 g/mol. The van der Waals surface area contributed by atoms with E-state index in [1.807, 2.05) is 28.8 Å². The molecule has 2 N–H and O–H groups in total. The van der Waals surface area contributed by atoms with Crippen molar-refractivity contribution in [1.82, 2.24) is 19.5 Å². The summed E-state index contributed by atoms with van der Waals surface area (Å²) in [5.74, 6) is 0.725. The van der Waals surface area contributed by atoms with Gasteiger partial charge < -0.3 is 15.0 Å². The third-order valence-electron chi connectivity index (χ3n) is 4.26. The fraction of sp³-hybridized carbons (Fsp3) is 0.143. The fourth-order valence-corrected chi connectivity index (χ4v) is 3.59. The number of thioether (sulfide) groups is 1. The number of rotatable bonds is 7. The highest BCUT2D eigenvalue weighted by atomic mass is 32.2. The van der Waals surface area contributed by atoms with Crippen molar-refractivity contribution in [3.63, 3.8) is 0 Å². The summed E-state index contributed by atoms with van der Waals surface area (Å²) in [6.07, 6.45) is 1.64. The molecular formula is C21H19N5O2S. The molecule has 2 aromatic carbocycles. The first-order valence-electron chi connectivity index (χ1n) is 9.08. The minimum absolute atomic E-state index is 0.204. The zero-order valence-electron chi connectivity index (χ0n) is 15.6. The standard InChI is InChI=1S/C21H19N5O2S/c22-18-17-19(25-21(24-18)29-13-15-7-3-1-4-8-15)26(14-23-17)11-12-28-20(27)16-9-5-2-6-10-16/h1-10,14H,11-13H2,(H2,22,24,25). The lowest BCUT2D eigenvalue weighted by atomic mass is 10.2. The van der Waals surface area contributed by atoms with Crippen molar-refractivity contribution in [1.29, 1.82) is 0 Å². The molecule has 2 aromatic heterocycles. The lowest BCUT2D eigenvalue weighted by Gasteiger charge is -2.07. The molecule has 0 atom stereocenters. The Morgan fingerprint density at radius 3 is 2.52 bits per heavy atom. The van der Waals surface area contributed by atoms with E-state index >= 15 is 0 Å². The van der Waals surface area contributed by atoms with Crippen LogP contribution in [0.25, 0.3) is 11.2 Å². The molecule has 4 aromatic rings. The molecular weight excluding hydrogens is 386 g/mol. The second kappa shape index (κ2) is 8.74. The Kier molecular flexibility index (Phi) is 5.71. The van der Waals surface area contributed by atoms with Crippen molar-refractivity contribution >= 4 is 34.7 Å². The molecule has 8 heteroatoms. The quantitative estimate of drug-likeness (QED) is 0.285. The van der Waals surface area contributed by atoms with Gasteiger partial charge in [0, 0.05) is 5.75 Å². The van der Waals surface area contributed by atoms with Gasteiger partial charge in [0.15, 0.2) is 16.6 Å². The summed E-state index contributed by atoms with van der Waals surface area (Å²) >= 11 is 1.51. The molecule has 0 amide bonds. The van der Waals surface area contributed by atoms with Gasteiger partial charge in [0.1, 0.15) is 12.1 Å². The number of hydrogen-bond acceptors (Lipinski definition) is 7. The van der Waals surface area contributed by atoms with Gasteiger partial charge in [-0.2, -0.15) is 0 Å². The first kappa shape index (κ1) is 18.9. The lowest BCUT2D eigenvalue weighted by Crippen LogP contribution is -2.11. The molecule has 0 radical (unpaired) electrons. The van der Waals surface area contributed by atoms with Crippen LogP contribution < -0.4 is 5.73 Å². The molecule has 0 aliphatic carbocycles. The van der Waals surface area contributed by atoms with Gasteiger partial charge in [-0.05, 0) is 17.7 Å². The maximum absolute atomic E-state index is 12.1. The van der Waals surface area contributed by atoms with Crippen LogP contribution in [0.5, 0.6) is 0 Å². The third-order valence-corrected chi connectivity index (χ3v) is 5.17. The molecule has 29 heavy (non-hydrogen) atoms. The molecule has 0 aliphatic rings. The number of hydrogen-bond donors (Lipinski definition) is 1. The Morgan fingerprint density at radius 2 is 1.76 bits per heavy atom. The molecule has 146 valence electrons. The van der Waals surface area contributed by atoms with Crippen LogP contribution in [0.15, 0.2) is 72.1 Å². The molecule has 0 unspecified atom stereocenters. The van der Waals surface area contributed by atoms with E-state index in [0.717, 1.165) is 5.75 Å². The van der Waals surface area contributed by atoms with Gasteiger partial charge in [0.25, 0.3) is 0 Å². The second-order valence-corrected chi connectivity index (χ2v) is 7.22. The number of carbonyl (C=O) groups excluding carboxylic acids is 1. The van der Waals surface area contributed by atoms with Crippen LogP contribution in [0.1, 0.15) is 15.9 Å². The number of carbonyl (C=O) groups is 1. The summed E-state index contributed by atoms with van der Waals surface area (Å²) < 4.78 is 7.17. The number of ether oxygens (including phenoxy) is 1. The van der Waals surface area contributed by atoms with Gasteiger partial charge in [-0.25, -0.2) is 19.7 Å². The number of nitrogens with zero attached hydrogens (tertiary/aromatic N) is 4. The predicted octanol–water partition coefficient (Wildman–Crippen LogP) is 3.56. The van der Waals surface area contributed by atoms with E-state index in [4.69, 9.17) is 10.5 Å². The number of aromatic nitrogens is 4. The number of nitrogens with two attached hydrogens (primary N) is 1. The lowest BCUT2D eigenvalue weighted by molar-refractivity contribution is 0.0492. The smallest absolute Gasteiger partial charge is 0.338 e. The molecule has 4 rings (SSSR count). The largest absolute Gasteiger partial charge is 0.460 e. The Labute approximate surface area is 172 Å². The Bertz CT molecular complexity index is 1120. The zero-order chi connectivity index (χ0) is 20.1. The van der Waals surface area contributed by atoms with Gasteiger partial charge in [0.2, 0.25) is 0 Å². The number of benzene rings is 2. The molecule has 0 saturated heterocycles. The van der Waals surface area contributed by atoms with E-state index in [2.05, 4.69) is 27.1 Å². The maximum Gasteiger partial charge on any atom is 0.338 e. The highest BCUT2D eigenvalue weighted by Gasteiger charge is 2.13. The molecule has 0 fully saturated rings. The predicted molar refractivity (Wildman–Crippen MR) is 112 cm³/mol. The van der Waals surface area contributed by atoms with Gasteiger partial charge in [0.05, 0.1) is 18.4 Å². The van der Waals surface area contributed by atoms with Crippen LogP contribution in [0, 0.1) is 0 Å². The summed E-state index contributed by atoms with van der Waals surface area (Å²) in [6.45, 7) is 0.629. The summed E-state index contributed by atoms with van der Waals surface area (Å²) in [4.78, 5) is 25.3. The number of esters is 1. The van der Waals surface area contributed by atoms with E-state index in [1.165, 1.54) is 17.3 Å². The highest BCUT2D eigenvalue weighted by molar-refractivity contribution is 7.98. The molecule has 7 nitrogen and oxygen atoms in total. The first-order valence-corrected chi connectivity index (χ1v) is 10.1. The van der Waals surface area contributed by atoms with Crippen molar-refractivity contribution < 1.29 is 9.53 Å². The van der Waals surface area contributed by atoms with Crippen molar-refractivity contribution in [3.8, 4) is 0 Å². The first-order chi connectivity index (χ1) is 14.2. The number of imidazole rings is 1. The number of nitrogen functional groups attached to an aromatic ring is 1. The second-order valence-electron chi connectivity index (χ2n) is 6.28. The van der Waals surface area contributed by atoms with Crippen LogP contribution in [0.2, 0.25) is 0 Å². The Hall–Kier alpha value is -3.39. The maximum atomic E-state index is 12.1. The van der Waals surface area contributed by atoms with Crippen molar-refractivity contribution in [2.75, 3.05) is 12.3 Å². The van der Waals surface area contributed by atoms with Gasteiger partial charge in [-0.3, -0.25) is 0 Å². The SMILES string of the molecule is Nc1nc(SCc2ccccc2)nc2c1ncn2CCOC(=O)c1ccccc1. The van der Waals surface area contributed by atoms with Crippen LogP contribution in [-0.4, -0.2) is 32.1 Å². The molecule has 0 aliphatic heterocycles. The van der Waals surface area contributed by atoms with Crippen LogP contribution in [-0.2, 0) is 17.0 Å². The number of anilines is 1. The van der Waals surface area contributed by atoms with Crippen LogP contribution in [0.3, 0.4) is 0 Å². The van der Waals surface area contributed by atoms with Crippen LogP contribution >= 0.6 is 11.8 Å². The monoisotopic (exact) mass is 405 g/mol. The molecule has 0 bridgehead atoms. The summed E-state index contributed by atoms with van der Waals surface area (Å²) in [5.41, 5.74) is 8.94. The average Bonchev–Trinajstić information content (AvgIpc) is 3.17. The van der Waals surface area contributed by atoms with E-state index in [1.54, 1.807) is 30.6 Å². The van der Waals surface area contributed by atoms with Gasteiger partial charge in [-0.1, -0.05) is 60.3 Å². The molecule has 0 spiro atoms. The minimum atomic E-state index is -0.358. The minimum Gasteiger partial charge on any atom is -0.460 e. The normalized spacial score (nSPS) is 10.9. The fourth-order valence-electron chi connectivity index (χ4n) is 2.79. The highest BCUT2D eigenvalue weighted by Crippen LogP contribution is 2.24. The van der Waals surface area contributed by atoms with Crippen molar-refractivity contribution in [2.45, 2.75) is 17.5 Å². The van der Waals surface area contributed by atoms with E-state index in [0.29, 0.717) is 34.2 Å². The van der Waals surface area contributed by atoms with Crippen molar-refractivity contribution in [3.05, 3.63) is 78.1 Å². The van der Waals surface area contributed by atoms with Crippen molar-refractivity contribution in [2.24, 2.45) is 0 Å². The van der Waals surface area contributed by atoms with Crippen LogP contribution in [0.4, 0.5) is 5.82 Å². The topological polar surface area (TPSA) is 95.9 Å². The summed E-state index contributed by atoms with van der Waals surface area (Å²) in [6, 6.07) is 19.0. The summed E-state index contributed by atoms with van der Waals surface area (Å²) in [7, 11) is 0. The zero-order valence-corrected chi connectivity index (χ0v) is 16.4. The number of fused-ring (bicyclic) bond motifs is 1. The third kappa shape index (κ3) is 4.55. The molecule has 0 saturated carbocycles.